The van der Waals surface area contributed by atoms with Crippen LogP contribution in [0.3, 0.4) is 0 Å². The van der Waals surface area contributed by atoms with E-state index in [1.165, 1.54) is 0 Å². The van der Waals surface area contributed by atoms with Crippen LogP contribution in [0.2, 0.25) is 0 Å². The summed E-state index contributed by atoms with van der Waals surface area (Å²) in [6.07, 6.45) is 2.85. The molecule has 0 unspecified atom stereocenters. The van der Waals surface area contributed by atoms with Gasteiger partial charge in [-0.05, 0) is 19.9 Å². The molecule has 6 nitrogen and oxygen atoms in total. The molecule has 0 aliphatic rings. The van der Waals surface area contributed by atoms with E-state index in [4.69, 9.17) is 0 Å². The summed E-state index contributed by atoms with van der Waals surface area (Å²) in [6.45, 7) is 4.02. The minimum absolute atomic E-state index is 0.0658. The number of rotatable bonds is 5. The monoisotopic (exact) mass is 259 g/mol. The summed E-state index contributed by atoms with van der Waals surface area (Å²) in [5.74, 6) is -0.420. The topological polar surface area (TPSA) is 81.1 Å². The highest BCUT2D eigenvalue weighted by atomic mass is 32.2. The van der Waals surface area contributed by atoms with Crippen LogP contribution in [0.4, 0.5) is 0 Å². The molecule has 0 aliphatic carbocycles. The van der Waals surface area contributed by atoms with E-state index in [2.05, 4.69) is 10.4 Å². The third-order valence-electron chi connectivity index (χ3n) is 2.13. The van der Waals surface area contributed by atoms with Gasteiger partial charge in [-0.1, -0.05) is 0 Å². The number of hydrogen-bond acceptors (Lipinski definition) is 4. The summed E-state index contributed by atoms with van der Waals surface area (Å²) < 4.78 is 23.4. The van der Waals surface area contributed by atoms with E-state index in [9.17, 15) is 13.2 Å². The van der Waals surface area contributed by atoms with Crippen molar-refractivity contribution in [3.63, 3.8) is 0 Å². The Morgan fingerprint density at radius 3 is 2.65 bits per heavy atom. The van der Waals surface area contributed by atoms with Crippen molar-refractivity contribution in [3.05, 3.63) is 18.0 Å². The Balaban J connectivity index is 2.52. The molecular formula is C10H17N3O3S. The van der Waals surface area contributed by atoms with Crippen molar-refractivity contribution in [2.75, 3.05) is 18.6 Å². The zero-order chi connectivity index (χ0) is 13.1. The van der Waals surface area contributed by atoms with E-state index in [0.29, 0.717) is 5.69 Å². The number of amides is 1. The average molecular weight is 259 g/mol. The van der Waals surface area contributed by atoms with Crippen molar-refractivity contribution in [3.8, 4) is 0 Å². The molecule has 0 radical (unpaired) electrons. The molecular weight excluding hydrogens is 242 g/mol. The SMILES string of the molecule is CC(C)n1ccc(C(=O)NCCS(C)(=O)=O)n1. The quantitative estimate of drug-likeness (QED) is 0.821. The maximum atomic E-state index is 11.6. The third kappa shape index (κ3) is 4.56. The van der Waals surface area contributed by atoms with Gasteiger partial charge in [0.25, 0.3) is 5.91 Å². The highest BCUT2D eigenvalue weighted by Gasteiger charge is 2.11. The fraction of sp³-hybridized carbons (Fsp3) is 0.600. The van der Waals surface area contributed by atoms with E-state index in [0.717, 1.165) is 6.26 Å². The Hall–Kier alpha value is -1.37. The molecule has 0 atom stereocenters. The zero-order valence-electron chi connectivity index (χ0n) is 10.2. The van der Waals surface area contributed by atoms with E-state index in [1.54, 1.807) is 16.9 Å². The van der Waals surface area contributed by atoms with Gasteiger partial charge in [0.2, 0.25) is 0 Å². The Bertz CT molecular complexity index is 491. The standard InChI is InChI=1S/C10H17N3O3S/c1-8(2)13-6-4-9(12-13)10(14)11-5-7-17(3,15)16/h4,6,8H,5,7H2,1-3H3,(H,11,14). The molecule has 0 spiro atoms. The molecule has 7 heteroatoms. The van der Waals surface area contributed by atoms with Gasteiger partial charge < -0.3 is 5.32 Å². The fourth-order valence-electron chi connectivity index (χ4n) is 1.19. The first-order chi connectivity index (χ1) is 7.79. The molecule has 0 saturated carbocycles. The Morgan fingerprint density at radius 1 is 1.53 bits per heavy atom. The van der Waals surface area contributed by atoms with E-state index in [-0.39, 0.29) is 24.2 Å². The summed E-state index contributed by atoms with van der Waals surface area (Å²) in [5, 5.41) is 6.59. The van der Waals surface area contributed by atoms with Crippen LogP contribution in [0.25, 0.3) is 0 Å². The lowest BCUT2D eigenvalue weighted by Crippen LogP contribution is -2.29. The molecule has 0 fully saturated rings. The first kappa shape index (κ1) is 13.7. The van der Waals surface area contributed by atoms with Gasteiger partial charge >= 0.3 is 0 Å². The summed E-state index contributed by atoms with van der Waals surface area (Å²) >= 11 is 0. The summed E-state index contributed by atoms with van der Waals surface area (Å²) in [5.41, 5.74) is 0.298. The molecule has 17 heavy (non-hydrogen) atoms. The van der Waals surface area contributed by atoms with Crippen molar-refractivity contribution < 1.29 is 13.2 Å². The smallest absolute Gasteiger partial charge is 0.271 e. The Labute approximate surface area is 101 Å². The van der Waals surface area contributed by atoms with Crippen LogP contribution < -0.4 is 5.32 Å². The lowest BCUT2D eigenvalue weighted by Gasteiger charge is -2.04. The van der Waals surface area contributed by atoms with Crippen molar-refractivity contribution in [1.82, 2.24) is 15.1 Å². The number of nitrogens with one attached hydrogen (secondary N) is 1. The molecule has 0 bridgehead atoms. The second-order valence-corrected chi connectivity index (χ2v) is 6.42. The van der Waals surface area contributed by atoms with Crippen LogP contribution in [0.5, 0.6) is 0 Å². The molecule has 1 N–H and O–H groups in total. The number of carbonyl (C=O) groups excluding carboxylic acids is 1. The third-order valence-corrected chi connectivity index (χ3v) is 3.07. The first-order valence-corrected chi connectivity index (χ1v) is 7.37. The second-order valence-electron chi connectivity index (χ2n) is 4.16. The van der Waals surface area contributed by atoms with E-state index < -0.39 is 9.84 Å². The number of carbonyl (C=O) groups is 1. The van der Waals surface area contributed by atoms with Crippen LogP contribution in [-0.2, 0) is 9.84 Å². The van der Waals surface area contributed by atoms with E-state index >= 15 is 0 Å². The Kier molecular flexibility index (Phi) is 4.28. The highest BCUT2D eigenvalue weighted by molar-refractivity contribution is 7.90. The molecule has 0 aromatic carbocycles. The molecule has 0 saturated heterocycles. The normalized spacial score (nSPS) is 11.8. The maximum Gasteiger partial charge on any atom is 0.271 e. The van der Waals surface area contributed by atoms with Gasteiger partial charge in [0, 0.05) is 25.0 Å². The van der Waals surface area contributed by atoms with Gasteiger partial charge in [0.1, 0.15) is 15.5 Å². The van der Waals surface area contributed by atoms with Crippen molar-refractivity contribution in [2.24, 2.45) is 0 Å². The van der Waals surface area contributed by atoms with Crippen LogP contribution in [-0.4, -0.2) is 42.7 Å². The van der Waals surface area contributed by atoms with Crippen molar-refractivity contribution in [1.29, 1.82) is 0 Å². The summed E-state index contributed by atoms with van der Waals surface area (Å²) in [6, 6.07) is 1.79. The van der Waals surface area contributed by atoms with Gasteiger partial charge in [-0.25, -0.2) is 8.42 Å². The highest BCUT2D eigenvalue weighted by Crippen LogP contribution is 2.03. The lowest BCUT2D eigenvalue weighted by molar-refractivity contribution is 0.0950. The number of aromatic nitrogens is 2. The number of nitrogens with zero attached hydrogens (tertiary/aromatic N) is 2. The van der Waals surface area contributed by atoms with Gasteiger partial charge in [0.05, 0.1) is 5.75 Å². The van der Waals surface area contributed by atoms with Crippen molar-refractivity contribution >= 4 is 15.7 Å². The van der Waals surface area contributed by atoms with E-state index in [1.807, 2.05) is 13.8 Å². The van der Waals surface area contributed by atoms with Gasteiger partial charge in [0.15, 0.2) is 0 Å². The van der Waals surface area contributed by atoms with Crippen LogP contribution in [0.1, 0.15) is 30.4 Å². The Morgan fingerprint density at radius 2 is 2.18 bits per heavy atom. The molecule has 1 rings (SSSR count). The van der Waals surface area contributed by atoms with Crippen LogP contribution in [0, 0.1) is 0 Å². The summed E-state index contributed by atoms with van der Waals surface area (Å²) in [4.78, 5) is 11.6. The predicted octanol–water partition coefficient (Wildman–Crippen LogP) is 0.238. The molecule has 1 aromatic rings. The summed E-state index contributed by atoms with van der Waals surface area (Å²) in [7, 11) is -3.05. The molecule has 1 aromatic heterocycles. The average Bonchev–Trinajstić information content (AvgIpc) is 2.63. The van der Waals surface area contributed by atoms with Gasteiger partial charge in [-0.15, -0.1) is 0 Å². The largest absolute Gasteiger partial charge is 0.350 e. The minimum atomic E-state index is -3.05. The molecule has 1 amide bonds. The number of hydrogen-bond donors (Lipinski definition) is 1. The van der Waals surface area contributed by atoms with Crippen molar-refractivity contribution in [2.45, 2.75) is 19.9 Å². The minimum Gasteiger partial charge on any atom is -0.350 e. The zero-order valence-corrected chi connectivity index (χ0v) is 11.0. The van der Waals surface area contributed by atoms with Crippen LogP contribution >= 0.6 is 0 Å². The lowest BCUT2D eigenvalue weighted by atomic mass is 10.4. The van der Waals surface area contributed by atoms with Gasteiger partial charge in [-0.3, -0.25) is 9.48 Å². The molecule has 1 heterocycles. The number of sulfone groups is 1. The molecule has 96 valence electrons. The first-order valence-electron chi connectivity index (χ1n) is 5.30. The van der Waals surface area contributed by atoms with Gasteiger partial charge in [-0.2, -0.15) is 5.10 Å². The fourth-order valence-corrected chi connectivity index (χ4v) is 1.66. The molecule has 0 aliphatic heterocycles. The van der Waals surface area contributed by atoms with Crippen LogP contribution in [0.15, 0.2) is 12.3 Å². The predicted molar refractivity (Wildman–Crippen MR) is 64.7 cm³/mol. The second kappa shape index (κ2) is 5.31. The maximum absolute atomic E-state index is 11.6.